The van der Waals surface area contributed by atoms with Crippen LogP contribution in [-0.2, 0) is 0 Å². The van der Waals surface area contributed by atoms with Crippen LogP contribution >= 0.6 is 0 Å². The fraction of sp³-hybridized carbons (Fsp3) is 0.286. The fourth-order valence-corrected chi connectivity index (χ4v) is 1.67. The molecule has 0 aliphatic heterocycles. The number of nitrogens with one attached hydrogen (secondary N) is 2. The Morgan fingerprint density at radius 3 is 2.55 bits per heavy atom. The van der Waals surface area contributed by atoms with Gasteiger partial charge in [-0.2, -0.15) is 0 Å². The number of benzene rings is 1. The summed E-state index contributed by atoms with van der Waals surface area (Å²) in [5.74, 6) is 7.40. The molecule has 0 saturated heterocycles. The van der Waals surface area contributed by atoms with Crippen molar-refractivity contribution < 1.29 is 5.11 Å². The number of nitrogens with two attached hydrogens (primary N) is 1. The van der Waals surface area contributed by atoms with Crippen molar-refractivity contribution in [1.29, 1.82) is 0 Å². The molecule has 0 aliphatic rings. The van der Waals surface area contributed by atoms with Crippen LogP contribution in [0.4, 0.5) is 11.6 Å². The van der Waals surface area contributed by atoms with E-state index in [1.165, 1.54) is 0 Å². The van der Waals surface area contributed by atoms with Gasteiger partial charge in [0.1, 0.15) is 11.6 Å². The summed E-state index contributed by atoms with van der Waals surface area (Å²) >= 11 is 0. The van der Waals surface area contributed by atoms with Crippen LogP contribution < -0.4 is 16.6 Å². The molecule has 1 aromatic carbocycles. The summed E-state index contributed by atoms with van der Waals surface area (Å²) in [6.45, 7) is 2.71. The van der Waals surface area contributed by atoms with Gasteiger partial charge in [-0.15, -0.1) is 0 Å². The maximum atomic E-state index is 9.04. The van der Waals surface area contributed by atoms with Gasteiger partial charge in [0, 0.05) is 24.8 Å². The van der Waals surface area contributed by atoms with Crippen LogP contribution in [-0.4, -0.2) is 28.2 Å². The molecular formula is C14H19N5O. The zero-order chi connectivity index (χ0) is 14.4. The largest absolute Gasteiger partial charge is 0.396 e. The maximum Gasteiger partial charge on any atom is 0.163 e. The number of nitrogen functional groups attached to an aromatic ring is 1. The third-order valence-corrected chi connectivity index (χ3v) is 2.85. The lowest BCUT2D eigenvalue weighted by atomic mass is 10.2. The minimum Gasteiger partial charge on any atom is -0.396 e. The Labute approximate surface area is 118 Å². The first-order valence-electron chi connectivity index (χ1n) is 6.48. The van der Waals surface area contributed by atoms with Gasteiger partial charge in [-0.1, -0.05) is 37.3 Å². The summed E-state index contributed by atoms with van der Waals surface area (Å²) in [4.78, 5) is 8.79. The molecule has 1 heterocycles. The topological polar surface area (TPSA) is 96.1 Å². The molecule has 1 aromatic heterocycles. The van der Waals surface area contributed by atoms with Crippen molar-refractivity contribution in [3.63, 3.8) is 0 Å². The van der Waals surface area contributed by atoms with Gasteiger partial charge >= 0.3 is 0 Å². The number of aliphatic hydroxyl groups is 1. The number of hydrogen-bond donors (Lipinski definition) is 4. The van der Waals surface area contributed by atoms with Gasteiger partial charge in [0.25, 0.3) is 0 Å². The molecule has 1 unspecified atom stereocenters. The van der Waals surface area contributed by atoms with E-state index in [2.05, 4.69) is 20.7 Å². The minimum atomic E-state index is 0.131. The molecule has 0 radical (unpaired) electrons. The predicted octanol–water partition coefficient (Wildman–Crippen LogP) is 1.47. The van der Waals surface area contributed by atoms with E-state index in [1.54, 1.807) is 6.07 Å². The molecule has 106 valence electrons. The highest BCUT2D eigenvalue weighted by molar-refractivity contribution is 5.60. The van der Waals surface area contributed by atoms with Crippen LogP contribution in [0.15, 0.2) is 36.4 Å². The first kappa shape index (κ1) is 14.2. The molecule has 2 rings (SSSR count). The van der Waals surface area contributed by atoms with Gasteiger partial charge in [0.05, 0.1) is 0 Å². The lowest BCUT2D eigenvalue weighted by Gasteiger charge is -2.12. The van der Waals surface area contributed by atoms with Crippen LogP contribution in [0.25, 0.3) is 11.4 Å². The predicted molar refractivity (Wildman–Crippen MR) is 80.0 cm³/mol. The van der Waals surface area contributed by atoms with E-state index in [-0.39, 0.29) is 12.5 Å². The molecule has 6 nitrogen and oxygen atoms in total. The lowest BCUT2D eigenvalue weighted by Crippen LogP contribution is -2.16. The third-order valence-electron chi connectivity index (χ3n) is 2.85. The molecule has 1 atom stereocenters. The Hall–Kier alpha value is -2.18. The fourth-order valence-electron chi connectivity index (χ4n) is 1.67. The zero-order valence-electron chi connectivity index (χ0n) is 11.4. The van der Waals surface area contributed by atoms with Gasteiger partial charge in [-0.25, -0.2) is 15.8 Å². The second-order valence-electron chi connectivity index (χ2n) is 4.64. The normalized spacial score (nSPS) is 11.9. The first-order valence-corrected chi connectivity index (χ1v) is 6.48. The summed E-state index contributed by atoms with van der Waals surface area (Å²) in [5, 5.41) is 12.2. The van der Waals surface area contributed by atoms with Crippen molar-refractivity contribution in [2.75, 3.05) is 23.9 Å². The summed E-state index contributed by atoms with van der Waals surface area (Å²) in [7, 11) is 0. The van der Waals surface area contributed by atoms with Gasteiger partial charge in [-0.05, 0) is 5.92 Å². The van der Waals surface area contributed by atoms with E-state index in [0.717, 1.165) is 5.56 Å². The molecule has 6 heteroatoms. The number of hydrogen-bond acceptors (Lipinski definition) is 6. The van der Waals surface area contributed by atoms with E-state index >= 15 is 0 Å². The van der Waals surface area contributed by atoms with Crippen LogP contribution in [0.5, 0.6) is 0 Å². The van der Waals surface area contributed by atoms with Crippen molar-refractivity contribution in [1.82, 2.24) is 9.97 Å². The van der Waals surface area contributed by atoms with Crippen molar-refractivity contribution in [2.45, 2.75) is 6.92 Å². The number of aliphatic hydroxyl groups excluding tert-OH is 1. The Kier molecular flexibility index (Phi) is 4.86. The summed E-state index contributed by atoms with van der Waals surface area (Å²) in [6.07, 6.45) is 0. The van der Waals surface area contributed by atoms with Crippen molar-refractivity contribution >= 4 is 11.6 Å². The summed E-state index contributed by atoms with van der Waals surface area (Å²) in [5.41, 5.74) is 3.46. The average molecular weight is 273 g/mol. The molecule has 0 aliphatic carbocycles. The van der Waals surface area contributed by atoms with Gasteiger partial charge in [-0.3, -0.25) is 0 Å². The van der Waals surface area contributed by atoms with Crippen LogP contribution in [0.3, 0.4) is 0 Å². The number of nitrogens with zero attached hydrogens (tertiary/aromatic N) is 2. The smallest absolute Gasteiger partial charge is 0.163 e. The van der Waals surface area contributed by atoms with Gasteiger partial charge < -0.3 is 15.8 Å². The maximum absolute atomic E-state index is 9.04. The van der Waals surface area contributed by atoms with Gasteiger partial charge in [0.2, 0.25) is 0 Å². The number of hydrazine groups is 1. The molecule has 0 amide bonds. The first-order chi connectivity index (χ1) is 9.72. The number of rotatable bonds is 6. The SMILES string of the molecule is CC(CO)CNc1cc(NN)nc(-c2ccccc2)n1. The van der Waals surface area contributed by atoms with Crippen molar-refractivity contribution in [3.05, 3.63) is 36.4 Å². The highest BCUT2D eigenvalue weighted by Crippen LogP contribution is 2.19. The van der Waals surface area contributed by atoms with E-state index in [4.69, 9.17) is 10.9 Å². The second kappa shape index (κ2) is 6.83. The molecular weight excluding hydrogens is 254 g/mol. The second-order valence-corrected chi connectivity index (χ2v) is 4.64. The molecule has 5 N–H and O–H groups in total. The zero-order valence-corrected chi connectivity index (χ0v) is 11.4. The number of aromatic nitrogens is 2. The Morgan fingerprint density at radius 2 is 1.90 bits per heavy atom. The third kappa shape index (κ3) is 3.66. The number of anilines is 2. The molecule has 0 spiro atoms. The Morgan fingerprint density at radius 1 is 1.20 bits per heavy atom. The monoisotopic (exact) mass is 273 g/mol. The minimum absolute atomic E-state index is 0.131. The molecule has 0 saturated carbocycles. The van der Waals surface area contributed by atoms with Crippen LogP contribution in [0.1, 0.15) is 6.92 Å². The van der Waals surface area contributed by atoms with Crippen LogP contribution in [0.2, 0.25) is 0 Å². The molecule has 0 fully saturated rings. The highest BCUT2D eigenvalue weighted by atomic mass is 16.3. The lowest BCUT2D eigenvalue weighted by molar-refractivity contribution is 0.244. The van der Waals surface area contributed by atoms with Crippen molar-refractivity contribution in [3.8, 4) is 11.4 Å². The standard InChI is InChI=1S/C14H19N5O/c1-10(9-20)8-16-12-7-13(19-15)18-14(17-12)11-5-3-2-4-6-11/h2-7,10,20H,8-9,15H2,1H3,(H2,16,17,18,19). The molecule has 2 aromatic rings. The van der Waals surface area contributed by atoms with Crippen LogP contribution in [0, 0.1) is 5.92 Å². The van der Waals surface area contributed by atoms with Crippen molar-refractivity contribution in [2.24, 2.45) is 11.8 Å². The van der Waals surface area contributed by atoms with E-state index in [1.807, 2.05) is 37.3 Å². The average Bonchev–Trinajstić information content (AvgIpc) is 2.53. The Bertz CT molecular complexity index is 547. The Balaban J connectivity index is 2.25. The summed E-state index contributed by atoms with van der Waals surface area (Å²) < 4.78 is 0. The van der Waals surface area contributed by atoms with Gasteiger partial charge in [0.15, 0.2) is 5.82 Å². The van der Waals surface area contributed by atoms with E-state index in [9.17, 15) is 0 Å². The quantitative estimate of drug-likeness (QED) is 0.470. The molecule has 0 bridgehead atoms. The summed E-state index contributed by atoms with van der Waals surface area (Å²) in [6, 6.07) is 11.4. The highest BCUT2D eigenvalue weighted by Gasteiger charge is 2.07. The molecule has 20 heavy (non-hydrogen) atoms. The van der Waals surface area contributed by atoms with E-state index < -0.39 is 0 Å². The van der Waals surface area contributed by atoms with E-state index in [0.29, 0.717) is 24.0 Å².